The predicted octanol–water partition coefficient (Wildman–Crippen LogP) is 0.195. The number of hydrogen-bond acceptors (Lipinski definition) is 6. The SMILES string of the molecule is CN(CC(N)=O)c1nc(N)nc2sccc12. The topological polar surface area (TPSA) is 98.1 Å². The number of aromatic nitrogens is 2. The number of carbonyl (C=O) groups excluding carboxylic acids is 1. The molecule has 0 unspecified atom stereocenters. The fourth-order valence-electron chi connectivity index (χ4n) is 1.46. The summed E-state index contributed by atoms with van der Waals surface area (Å²) in [7, 11) is 1.74. The predicted molar refractivity (Wildman–Crippen MR) is 64.3 cm³/mol. The van der Waals surface area contributed by atoms with Crippen molar-refractivity contribution in [3.05, 3.63) is 11.4 Å². The molecule has 0 aliphatic heterocycles. The van der Waals surface area contributed by atoms with E-state index in [1.165, 1.54) is 11.3 Å². The molecule has 1 amide bonds. The van der Waals surface area contributed by atoms with Crippen LogP contribution in [-0.2, 0) is 4.79 Å². The Morgan fingerprint density at radius 1 is 1.56 bits per heavy atom. The summed E-state index contributed by atoms with van der Waals surface area (Å²) >= 11 is 1.48. The monoisotopic (exact) mass is 237 g/mol. The summed E-state index contributed by atoms with van der Waals surface area (Å²) in [6.45, 7) is 0.0986. The highest BCUT2D eigenvalue weighted by Gasteiger charge is 2.12. The van der Waals surface area contributed by atoms with Gasteiger partial charge < -0.3 is 16.4 Å². The number of amides is 1. The summed E-state index contributed by atoms with van der Waals surface area (Å²) in [4.78, 5) is 21.5. The maximum Gasteiger partial charge on any atom is 0.236 e. The molecule has 7 heteroatoms. The van der Waals surface area contributed by atoms with Crippen molar-refractivity contribution in [1.29, 1.82) is 0 Å². The second-order valence-electron chi connectivity index (χ2n) is 3.37. The molecular weight excluding hydrogens is 226 g/mol. The van der Waals surface area contributed by atoms with E-state index in [0.29, 0.717) is 5.82 Å². The molecule has 0 saturated heterocycles. The molecule has 2 aromatic rings. The van der Waals surface area contributed by atoms with Crippen LogP contribution in [0.4, 0.5) is 11.8 Å². The fourth-order valence-corrected chi connectivity index (χ4v) is 2.22. The molecule has 0 atom stereocenters. The normalized spacial score (nSPS) is 10.6. The van der Waals surface area contributed by atoms with Crippen molar-refractivity contribution in [1.82, 2.24) is 9.97 Å². The molecule has 0 spiro atoms. The van der Waals surface area contributed by atoms with Crippen molar-refractivity contribution in [3.8, 4) is 0 Å². The van der Waals surface area contributed by atoms with E-state index >= 15 is 0 Å². The number of nitrogen functional groups attached to an aromatic ring is 1. The van der Waals surface area contributed by atoms with E-state index in [1.54, 1.807) is 11.9 Å². The average Bonchev–Trinajstić information content (AvgIpc) is 2.62. The number of thiophene rings is 1. The van der Waals surface area contributed by atoms with Gasteiger partial charge in [0.1, 0.15) is 10.6 Å². The van der Waals surface area contributed by atoms with Gasteiger partial charge in [0.05, 0.1) is 11.9 Å². The molecule has 0 aromatic carbocycles. The highest BCUT2D eigenvalue weighted by Crippen LogP contribution is 2.27. The van der Waals surface area contributed by atoms with Crippen LogP contribution in [0.15, 0.2) is 11.4 Å². The van der Waals surface area contributed by atoms with Crippen LogP contribution in [0.25, 0.3) is 10.2 Å². The second kappa shape index (κ2) is 3.93. The minimum absolute atomic E-state index is 0.0986. The number of primary amides is 1. The zero-order valence-corrected chi connectivity index (χ0v) is 9.49. The summed E-state index contributed by atoms with van der Waals surface area (Å²) in [5.41, 5.74) is 10.7. The first-order chi connectivity index (χ1) is 7.58. The maximum absolute atomic E-state index is 10.9. The van der Waals surface area contributed by atoms with Crippen LogP contribution >= 0.6 is 11.3 Å². The Labute approximate surface area is 95.9 Å². The van der Waals surface area contributed by atoms with Crippen LogP contribution in [0, 0.1) is 0 Å². The van der Waals surface area contributed by atoms with Crippen LogP contribution in [0.5, 0.6) is 0 Å². The zero-order chi connectivity index (χ0) is 11.7. The lowest BCUT2D eigenvalue weighted by atomic mass is 10.3. The highest BCUT2D eigenvalue weighted by molar-refractivity contribution is 7.16. The van der Waals surface area contributed by atoms with Gasteiger partial charge in [0.15, 0.2) is 0 Å². The van der Waals surface area contributed by atoms with Crippen molar-refractivity contribution in [2.75, 3.05) is 24.2 Å². The first-order valence-corrected chi connectivity index (χ1v) is 5.46. The molecule has 2 aromatic heterocycles. The molecule has 0 fully saturated rings. The van der Waals surface area contributed by atoms with E-state index < -0.39 is 5.91 Å². The summed E-state index contributed by atoms with van der Waals surface area (Å²) < 4.78 is 0. The van der Waals surface area contributed by atoms with E-state index in [2.05, 4.69) is 9.97 Å². The molecular formula is C9H11N5OS. The van der Waals surface area contributed by atoms with Gasteiger partial charge in [0, 0.05) is 7.05 Å². The number of anilines is 2. The Balaban J connectivity index is 2.49. The standard InChI is InChI=1S/C9H11N5OS/c1-14(4-6(10)15)7-5-2-3-16-8(5)13-9(11)12-7/h2-3H,4H2,1H3,(H2,10,15)(H2,11,12,13). The average molecular weight is 237 g/mol. The van der Waals surface area contributed by atoms with Crippen LogP contribution in [0.2, 0.25) is 0 Å². The van der Waals surface area contributed by atoms with Gasteiger partial charge >= 0.3 is 0 Å². The summed E-state index contributed by atoms with van der Waals surface area (Å²) in [5.74, 6) is 0.409. The van der Waals surface area contributed by atoms with Gasteiger partial charge in [-0.25, -0.2) is 4.98 Å². The van der Waals surface area contributed by atoms with Crippen molar-refractivity contribution < 1.29 is 4.79 Å². The molecule has 0 radical (unpaired) electrons. The highest BCUT2D eigenvalue weighted by atomic mass is 32.1. The minimum Gasteiger partial charge on any atom is -0.368 e. The maximum atomic E-state index is 10.9. The van der Waals surface area contributed by atoms with Gasteiger partial charge in [-0.05, 0) is 11.4 Å². The summed E-state index contributed by atoms with van der Waals surface area (Å²) in [6, 6.07) is 1.90. The number of fused-ring (bicyclic) bond motifs is 1. The van der Waals surface area contributed by atoms with Gasteiger partial charge in [0.25, 0.3) is 0 Å². The summed E-state index contributed by atoms with van der Waals surface area (Å²) in [5, 5.41) is 2.78. The lowest BCUT2D eigenvalue weighted by Crippen LogP contribution is -2.31. The molecule has 0 saturated carbocycles. The van der Waals surface area contributed by atoms with E-state index in [0.717, 1.165) is 10.2 Å². The Hall–Kier alpha value is -1.89. The largest absolute Gasteiger partial charge is 0.368 e. The van der Waals surface area contributed by atoms with E-state index in [4.69, 9.17) is 11.5 Å². The molecule has 2 rings (SSSR count). The quantitative estimate of drug-likeness (QED) is 0.794. The molecule has 84 valence electrons. The number of likely N-dealkylation sites (N-methyl/N-ethyl adjacent to an activating group) is 1. The van der Waals surface area contributed by atoms with Crippen LogP contribution in [0.3, 0.4) is 0 Å². The van der Waals surface area contributed by atoms with Crippen LogP contribution in [0.1, 0.15) is 0 Å². The molecule has 2 heterocycles. The Morgan fingerprint density at radius 3 is 3.00 bits per heavy atom. The third kappa shape index (κ3) is 1.89. The zero-order valence-electron chi connectivity index (χ0n) is 8.67. The molecule has 0 aliphatic carbocycles. The molecule has 6 nitrogen and oxygen atoms in total. The number of carbonyl (C=O) groups is 1. The molecule has 0 aliphatic rings. The fraction of sp³-hybridized carbons (Fsp3) is 0.222. The number of rotatable bonds is 3. The Kier molecular flexibility index (Phi) is 2.61. The summed E-state index contributed by atoms with van der Waals surface area (Å²) in [6.07, 6.45) is 0. The van der Waals surface area contributed by atoms with Gasteiger partial charge in [-0.3, -0.25) is 4.79 Å². The van der Waals surface area contributed by atoms with Crippen LogP contribution < -0.4 is 16.4 Å². The van der Waals surface area contributed by atoms with Gasteiger partial charge in [-0.1, -0.05) is 0 Å². The van der Waals surface area contributed by atoms with Crippen molar-refractivity contribution >= 4 is 39.2 Å². The second-order valence-corrected chi connectivity index (χ2v) is 4.26. The van der Waals surface area contributed by atoms with Gasteiger partial charge in [-0.15, -0.1) is 11.3 Å². The Morgan fingerprint density at radius 2 is 2.31 bits per heavy atom. The number of hydrogen-bond donors (Lipinski definition) is 2. The lowest BCUT2D eigenvalue weighted by molar-refractivity contribution is -0.116. The lowest BCUT2D eigenvalue weighted by Gasteiger charge is -2.16. The third-order valence-electron chi connectivity index (χ3n) is 2.08. The van der Waals surface area contributed by atoms with Crippen LogP contribution in [-0.4, -0.2) is 29.5 Å². The molecule has 16 heavy (non-hydrogen) atoms. The first kappa shape index (κ1) is 10.6. The molecule has 0 bridgehead atoms. The minimum atomic E-state index is -0.414. The van der Waals surface area contributed by atoms with E-state index in [1.807, 2.05) is 11.4 Å². The number of nitrogens with zero attached hydrogens (tertiary/aromatic N) is 3. The van der Waals surface area contributed by atoms with E-state index in [-0.39, 0.29) is 12.5 Å². The first-order valence-electron chi connectivity index (χ1n) is 4.58. The van der Waals surface area contributed by atoms with Crippen molar-refractivity contribution in [2.45, 2.75) is 0 Å². The van der Waals surface area contributed by atoms with E-state index in [9.17, 15) is 4.79 Å². The Bertz CT molecular complexity index is 538. The molecule has 4 N–H and O–H groups in total. The third-order valence-corrected chi connectivity index (χ3v) is 2.88. The smallest absolute Gasteiger partial charge is 0.236 e. The number of nitrogens with two attached hydrogens (primary N) is 2. The van der Waals surface area contributed by atoms with Crippen molar-refractivity contribution in [3.63, 3.8) is 0 Å². The van der Waals surface area contributed by atoms with Crippen molar-refractivity contribution in [2.24, 2.45) is 5.73 Å². The van der Waals surface area contributed by atoms with Gasteiger partial charge in [0.2, 0.25) is 11.9 Å². The van der Waals surface area contributed by atoms with Gasteiger partial charge in [-0.2, -0.15) is 4.98 Å².